The van der Waals surface area contributed by atoms with Crippen LogP contribution in [0, 0.1) is 6.92 Å². The van der Waals surface area contributed by atoms with Gasteiger partial charge in [0.1, 0.15) is 0 Å². The number of aryl methyl sites for hydroxylation is 2. The molecule has 1 heterocycles. The summed E-state index contributed by atoms with van der Waals surface area (Å²) in [5, 5.41) is 7.51. The third kappa shape index (κ3) is 2.69. The smallest absolute Gasteiger partial charge is 0.0739 e. The van der Waals surface area contributed by atoms with E-state index < -0.39 is 0 Å². The summed E-state index contributed by atoms with van der Waals surface area (Å²) in [6, 6.07) is 0. The lowest BCUT2D eigenvalue weighted by molar-refractivity contribution is 0.640. The van der Waals surface area contributed by atoms with Crippen LogP contribution in [0.5, 0.6) is 0 Å². The average Bonchev–Trinajstić information content (AvgIpc) is 2.32. The largest absolute Gasteiger partial charge is 0.310 e. The van der Waals surface area contributed by atoms with Gasteiger partial charge in [0.15, 0.2) is 0 Å². The number of nitrogens with zero attached hydrogens (tertiary/aromatic N) is 2. The lowest BCUT2D eigenvalue weighted by Crippen LogP contribution is -2.18. The second-order valence-electron chi connectivity index (χ2n) is 2.84. The molecule has 0 atom stereocenters. The van der Waals surface area contributed by atoms with Crippen molar-refractivity contribution in [3.63, 3.8) is 0 Å². The van der Waals surface area contributed by atoms with Crippen molar-refractivity contribution in [1.82, 2.24) is 15.1 Å². The van der Waals surface area contributed by atoms with Crippen LogP contribution in [0.15, 0.2) is 4.47 Å². The molecule has 1 N–H and O–H groups in total. The maximum atomic E-state index is 5.56. The summed E-state index contributed by atoms with van der Waals surface area (Å²) in [6.07, 6.45) is 0. The van der Waals surface area contributed by atoms with Crippen molar-refractivity contribution in [2.24, 2.45) is 7.05 Å². The van der Waals surface area contributed by atoms with Gasteiger partial charge in [-0.3, -0.25) is 4.68 Å². The van der Waals surface area contributed by atoms with Gasteiger partial charge < -0.3 is 5.32 Å². The molecule has 74 valence electrons. The highest BCUT2D eigenvalue weighted by Gasteiger charge is 2.08. The Morgan fingerprint density at radius 2 is 2.31 bits per heavy atom. The first kappa shape index (κ1) is 11.0. The molecule has 1 aromatic heterocycles. The van der Waals surface area contributed by atoms with Gasteiger partial charge in [-0.25, -0.2) is 0 Å². The number of rotatable bonds is 4. The van der Waals surface area contributed by atoms with Crippen molar-refractivity contribution in [2.75, 3.05) is 12.4 Å². The van der Waals surface area contributed by atoms with E-state index in [1.807, 2.05) is 18.7 Å². The topological polar surface area (TPSA) is 29.9 Å². The molecule has 0 radical (unpaired) electrons. The predicted octanol–water partition coefficient (Wildman–Crippen LogP) is 1.82. The molecular formula is C8H13BrClN3. The molecule has 0 bridgehead atoms. The molecule has 1 rings (SSSR count). The predicted molar refractivity (Wildman–Crippen MR) is 58.1 cm³/mol. The Kier molecular flexibility index (Phi) is 4.22. The van der Waals surface area contributed by atoms with Gasteiger partial charge in [-0.2, -0.15) is 5.10 Å². The van der Waals surface area contributed by atoms with E-state index in [0.717, 1.165) is 29.0 Å². The first-order valence-corrected chi connectivity index (χ1v) is 5.44. The minimum Gasteiger partial charge on any atom is -0.310 e. The normalized spacial score (nSPS) is 10.8. The SMILES string of the molecule is Cc1nn(C)c(CNCCCl)c1Br. The van der Waals surface area contributed by atoms with Gasteiger partial charge >= 0.3 is 0 Å². The minimum atomic E-state index is 0.633. The summed E-state index contributed by atoms with van der Waals surface area (Å²) < 4.78 is 2.96. The minimum absolute atomic E-state index is 0.633. The maximum Gasteiger partial charge on any atom is 0.0739 e. The van der Waals surface area contributed by atoms with E-state index in [1.165, 1.54) is 0 Å². The number of hydrogen-bond donors (Lipinski definition) is 1. The summed E-state index contributed by atoms with van der Waals surface area (Å²) in [5.41, 5.74) is 2.17. The summed E-state index contributed by atoms with van der Waals surface area (Å²) >= 11 is 9.05. The van der Waals surface area contributed by atoms with Gasteiger partial charge in [0.05, 0.1) is 15.9 Å². The number of aromatic nitrogens is 2. The van der Waals surface area contributed by atoms with Crippen molar-refractivity contribution in [3.05, 3.63) is 15.9 Å². The van der Waals surface area contributed by atoms with Crippen LogP contribution in [0.25, 0.3) is 0 Å². The Morgan fingerprint density at radius 3 is 2.77 bits per heavy atom. The Bertz CT molecular complexity index is 285. The van der Waals surface area contributed by atoms with Crippen molar-refractivity contribution >= 4 is 27.5 Å². The van der Waals surface area contributed by atoms with Gasteiger partial charge in [0.25, 0.3) is 0 Å². The summed E-state index contributed by atoms with van der Waals surface area (Å²) in [6.45, 7) is 3.60. The van der Waals surface area contributed by atoms with Gasteiger partial charge in [0.2, 0.25) is 0 Å². The van der Waals surface area contributed by atoms with E-state index >= 15 is 0 Å². The maximum absolute atomic E-state index is 5.56. The molecule has 0 saturated carbocycles. The number of alkyl halides is 1. The molecule has 0 aliphatic carbocycles. The zero-order chi connectivity index (χ0) is 9.84. The van der Waals surface area contributed by atoms with E-state index in [-0.39, 0.29) is 0 Å². The lowest BCUT2D eigenvalue weighted by atomic mass is 10.3. The van der Waals surface area contributed by atoms with Gasteiger partial charge in [0, 0.05) is 26.0 Å². The third-order valence-corrected chi connectivity index (χ3v) is 3.05. The summed E-state index contributed by atoms with van der Waals surface area (Å²) in [5.74, 6) is 0.633. The van der Waals surface area contributed by atoms with E-state index in [9.17, 15) is 0 Å². The summed E-state index contributed by atoms with van der Waals surface area (Å²) in [7, 11) is 1.94. The molecule has 0 spiro atoms. The highest BCUT2D eigenvalue weighted by Crippen LogP contribution is 2.19. The zero-order valence-corrected chi connectivity index (χ0v) is 10.1. The Balaban J connectivity index is 2.64. The first-order chi connectivity index (χ1) is 6.16. The lowest BCUT2D eigenvalue weighted by Gasteiger charge is -2.03. The van der Waals surface area contributed by atoms with Crippen LogP contribution >= 0.6 is 27.5 Å². The summed E-state index contributed by atoms with van der Waals surface area (Å²) in [4.78, 5) is 0. The van der Waals surface area contributed by atoms with Crippen LogP contribution in [0.3, 0.4) is 0 Å². The molecule has 0 aliphatic rings. The quantitative estimate of drug-likeness (QED) is 0.665. The number of nitrogens with one attached hydrogen (secondary N) is 1. The van der Waals surface area contributed by atoms with Crippen molar-refractivity contribution in [2.45, 2.75) is 13.5 Å². The highest BCUT2D eigenvalue weighted by atomic mass is 79.9. The molecule has 0 aliphatic heterocycles. The standard InChI is InChI=1S/C8H13BrClN3/c1-6-8(9)7(13(2)12-6)5-11-4-3-10/h11H,3-5H2,1-2H3. The molecule has 13 heavy (non-hydrogen) atoms. The van der Waals surface area contributed by atoms with Crippen LogP contribution < -0.4 is 5.32 Å². The average molecular weight is 267 g/mol. The molecule has 0 unspecified atom stereocenters. The first-order valence-electron chi connectivity index (χ1n) is 4.11. The highest BCUT2D eigenvalue weighted by molar-refractivity contribution is 9.10. The fourth-order valence-electron chi connectivity index (χ4n) is 1.15. The Hall–Kier alpha value is -0.0600. The Morgan fingerprint density at radius 1 is 1.62 bits per heavy atom. The van der Waals surface area contributed by atoms with Gasteiger partial charge in [-0.05, 0) is 22.9 Å². The van der Waals surface area contributed by atoms with Crippen LogP contribution in [0.1, 0.15) is 11.4 Å². The fourth-order valence-corrected chi connectivity index (χ4v) is 1.76. The zero-order valence-electron chi connectivity index (χ0n) is 7.77. The number of halogens is 2. The van der Waals surface area contributed by atoms with E-state index in [2.05, 4.69) is 26.3 Å². The molecule has 0 amide bonds. The molecule has 0 fully saturated rings. The van der Waals surface area contributed by atoms with Crippen LogP contribution in [-0.4, -0.2) is 22.2 Å². The van der Waals surface area contributed by atoms with E-state index in [0.29, 0.717) is 5.88 Å². The van der Waals surface area contributed by atoms with E-state index in [1.54, 1.807) is 0 Å². The van der Waals surface area contributed by atoms with Crippen molar-refractivity contribution in [1.29, 1.82) is 0 Å². The Labute approximate surface area is 91.6 Å². The molecule has 3 nitrogen and oxygen atoms in total. The van der Waals surface area contributed by atoms with E-state index in [4.69, 9.17) is 11.6 Å². The molecule has 0 aromatic carbocycles. The fraction of sp³-hybridized carbons (Fsp3) is 0.625. The molecule has 5 heteroatoms. The molecule has 0 saturated heterocycles. The monoisotopic (exact) mass is 265 g/mol. The second-order valence-corrected chi connectivity index (χ2v) is 4.01. The molecule has 1 aromatic rings. The van der Waals surface area contributed by atoms with Gasteiger partial charge in [-0.1, -0.05) is 0 Å². The van der Waals surface area contributed by atoms with Gasteiger partial charge in [-0.15, -0.1) is 11.6 Å². The number of hydrogen-bond acceptors (Lipinski definition) is 2. The van der Waals surface area contributed by atoms with Crippen molar-refractivity contribution < 1.29 is 0 Å². The molecular weight excluding hydrogens is 253 g/mol. The third-order valence-electron chi connectivity index (χ3n) is 1.83. The van der Waals surface area contributed by atoms with Crippen LogP contribution in [0.4, 0.5) is 0 Å². The van der Waals surface area contributed by atoms with Crippen LogP contribution in [-0.2, 0) is 13.6 Å². The second kappa shape index (κ2) is 4.98. The van der Waals surface area contributed by atoms with Crippen molar-refractivity contribution in [3.8, 4) is 0 Å². The van der Waals surface area contributed by atoms with Crippen LogP contribution in [0.2, 0.25) is 0 Å².